The van der Waals surface area contributed by atoms with Crippen LogP contribution in [0.4, 0.5) is 18.9 Å². The monoisotopic (exact) mass is 468 g/mol. The Morgan fingerprint density at radius 1 is 1.21 bits per heavy atom. The fourth-order valence-corrected chi connectivity index (χ4v) is 4.09. The van der Waals surface area contributed by atoms with Crippen LogP contribution in [0.5, 0.6) is 0 Å². The maximum Gasteiger partial charge on any atom is 0.422 e. The third-order valence-electron chi connectivity index (χ3n) is 6.20. The van der Waals surface area contributed by atoms with Crippen LogP contribution in [-0.2, 0) is 0 Å². The highest BCUT2D eigenvalue weighted by Gasteiger charge is 2.39. The van der Waals surface area contributed by atoms with E-state index in [4.69, 9.17) is 0 Å². The van der Waals surface area contributed by atoms with E-state index in [1.165, 1.54) is 0 Å². The molecule has 1 saturated heterocycles. The molecule has 1 aromatic carbocycles. The fraction of sp³-hybridized carbons (Fsp3) is 0.385. The molecule has 0 saturated carbocycles. The van der Waals surface area contributed by atoms with Crippen molar-refractivity contribution in [2.75, 3.05) is 31.1 Å². The summed E-state index contributed by atoms with van der Waals surface area (Å²) in [5, 5.41) is 7.01. The van der Waals surface area contributed by atoms with Crippen LogP contribution in [0.3, 0.4) is 0 Å². The average molecular weight is 468 g/mol. The zero-order chi connectivity index (χ0) is 24.7. The van der Waals surface area contributed by atoms with Crippen LogP contribution in [0.15, 0.2) is 88.8 Å². The van der Waals surface area contributed by atoms with Crippen molar-refractivity contribution in [2.24, 2.45) is 16.1 Å². The fourth-order valence-electron chi connectivity index (χ4n) is 4.09. The summed E-state index contributed by atoms with van der Waals surface area (Å²) in [6.45, 7) is 16.2. The normalized spacial score (nSPS) is 17.6. The molecule has 0 aliphatic carbocycles. The summed E-state index contributed by atoms with van der Waals surface area (Å²) in [6.07, 6.45) is 3.04. The highest BCUT2D eigenvalue weighted by atomic mass is 19.4. The molecule has 8 heteroatoms. The molecule has 0 radical (unpaired) electrons. The van der Waals surface area contributed by atoms with E-state index in [-0.39, 0.29) is 7.28 Å². The lowest BCUT2D eigenvalue weighted by Gasteiger charge is -2.43. The van der Waals surface area contributed by atoms with Gasteiger partial charge in [0.25, 0.3) is 7.28 Å². The van der Waals surface area contributed by atoms with E-state index in [0.29, 0.717) is 30.1 Å². The average Bonchev–Trinajstić information content (AvgIpc) is 3.29. The first-order valence-corrected chi connectivity index (χ1v) is 11.7. The van der Waals surface area contributed by atoms with Crippen molar-refractivity contribution in [1.82, 2.24) is 4.90 Å². The van der Waals surface area contributed by atoms with E-state index < -0.39 is 11.8 Å². The molecular weight excluding hydrogens is 436 g/mol. The predicted octanol–water partition coefficient (Wildman–Crippen LogP) is 5.52. The number of allylic oxidation sites excluding steroid dienone is 3. The van der Waals surface area contributed by atoms with Crippen molar-refractivity contribution in [3.05, 3.63) is 78.6 Å². The molecule has 0 bridgehead atoms. The van der Waals surface area contributed by atoms with Crippen molar-refractivity contribution in [3.63, 3.8) is 0 Å². The van der Waals surface area contributed by atoms with Gasteiger partial charge in [0.05, 0.1) is 0 Å². The number of benzene rings is 1. The summed E-state index contributed by atoms with van der Waals surface area (Å²) in [6, 6.07) is 10.2. The van der Waals surface area contributed by atoms with Gasteiger partial charge in [-0.25, -0.2) is 0 Å². The minimum absolute atomic E-state index is 0.276. The highest BCUT2D eigenvalue weighted by Crippen LogP contribution is 2.30. The van der Waals surface area contributed by atoms with E-state index in [1.54, 1.807) is 6.92 Å². The van der Waals surface area contributed by atoms with E-state index in [0.717, 1.165) is 43.0 Å². The third-order valence-corrected chi connectivity index (χ3v) is 6.20. The summed E-state index contributed by atoms with van der Waals surface area (Å²) in [5.74, 6) is 0.420. The van der Waals surface area contributed by atoms with Crippen molar-refractivity contribution in [1.29, 1.82) is 0 Å². The highest BCUT2D eigenvalue weighted by molar-refractivity contribution is 7.02. The smallest absolute Gasteiger partial charge is 0.341 e. The van der Waals surface area contributed by atoms with E-state index in [9.17, 15) is 13.2 Å². The zero-order valence-corrected chi connectivity index (χ0v) is 20.0. The molecule has 0 amide bonds. The Hall–Kier alpha value is -2.87. The first kappa shape index (κ1) is 25.8. The Morgan fingerprint density at radius 2 is 1.91 bits per heavy atom. The lowest BCUT2D eigenvalue weighted by atomic mass is 9.65. The van der Waals surface area contributed by atoms with Gasteiger partial charge in [0.2, 0.25) is 0 Å². The molecule has 2 aliphatic heterocycles. The molecule has 0 atom stereocenters. The van der Waals surface area contributed by atoms with Gasteiger partial charge in [0.1, 0.15) is 5.61 Å². The number of halogens is 3. The SMILES string of the molecule is C=C/C(=C\C/C=C(\C)C1=NN=C(C(F)(F)F)B1)CN(C(=C)C1CN(CCC)C1)c1ccccc1. The number of para-hydroxylation sites is 1. The minimum Gasteiger partial charge on any atom is -0.341 e. The van der Waals surface area contributed by atoms with Gasteiger partial charge >= 0.3 is 6.18 Å². The van der Waals surface area contributed by atoms with Crippen LogP contribution >= 0.6 is 0 Å². The summed E-state index contributed by atoms with van der Waals surface area (Å²) in [5.41, 5.74) is 3.43. The van der Waals surface area contributed by atoms with Gasteiger partial charge in [0.15, 0.2) is 0 Å². The lowest BCUT2D eigenvalue weighted by Crippen LogP contribution is -2.50. The molecule has 34 heavy (non-hydrogen) atoms. The molecule has 4 nitrogen and oxygen atoms in total. The summed E-state index contributed by atoms with van der Waals surface area (Å²) in [4.78, 5) is 4.68. The van der Waals surface area contributed by atoms with Gasteiger partial charge in [-0.1, -0.05) is 56.5 Å². The van der Waals surface area contributed by atoms with Crippen molar-refractivity contribution < 1.29 is 13.2 Å². The van der Waals surface area contributed by atoms with Crippen LogP contribution in [0.2, 0.25) is 0 Å². The lowest BCUT2D eigenvalue weighted by molar-refractivity contribution is -0.0560. The molecule has 0 spiro atoms. The Bertz CT molecular complexity index is 1000. The Labute approximate surface area is 201 Å². The molecule has 3 rings (SSSR count). The number of hydrogen-bond acceptors (Lipinski definition) is 4. The van der Waals surface area contributed by atoms with Gasteiger partial charge in [-0.2, -0.15) is 23.4 Å². The maximum atomic E-state index is 12.8. The van der Waals surface area contributed by atoms with Gasteiger partial charge in [-0.15, -0.1) is 0 Å². The van der Waals surface area contributed by atoms with Crippen molar-refractivity contribution in [2.45, 2.75) is 32.9 Å². The first-order valence-electron chi connectivity index (χ1n) is 11.7. The summed E-state index contributed by atoms with van der Waals surface area (Å²) in [7, 11) is -0.276. The summed E-state index contributed by atoms with van der Waals surface area (Å²) >= 11 is 0. The molecule has 0 unspecified atom stereocenters. The molecule has 180 valence electrons. The van der Waals surface area contributed by atoms with Crippen molar-refractivity contribution in [3.8, 4) is 0 Å². The van der Waals surface area contributed by atoms with Crippen LogP contribution in [-0.4, -0.2) is 55.8 Å². The number of likely N-dealkylation sites (tertiary alicyclic amines) is 1. The molecule has 1 fully saturated rings. The standard InChI is InChI=1S/C26H32BF3N4/c1-5-15-33-17-22(18-33)20(4)34(23-13-8-7-9-14-23)16-21(6-2)12-10-11-19(3)24-27-25(32-31-24)26(28,29)30/h6-9,11-14,22,27H,2,4-5,10,15-18H2,1,3H3/b19-11+,21-12+. The molecule has 1 aromatic rings. The van der Waals surface area contributed by atoms with Gasteiger partial charge in [0, 0.05) is 42.5 Å². The summed E-state index contributed by atoms with van der Waals surface area (Å²) < 4.78 is 38.4. The molecule has 0 aromatic heterocycles. The maximum absolute atomic E-state index is 12.8. The van der Waals surface area contributed by atoms with Crippen LogP contribution in [0.1, 0.15) is 26.7 Å². The number of nitrogens with zero attached hydrogens (tertiary/aromatic N) is 4. The Kier molecular flexibility index (Phi) is 8.72. The second-order valence-electron chi connectivity index (χ2n) is 8.74. The van der Waals surface area contributed by atoms with Crippen LogP contribution < -0.4 is 4.90 Å². The molecule has 2 heterocycles. The van der Waals surface area contributed by atoms with Crippen molar-refractivity contribution >= 4 is 24.2 Å². The molecular formula is C26H32BF3N4. The quantitative estimate of drug-likeness (QED) is 0.316. The minimum atomic E-state index is -4.43. The van der Waals surface area contributed by atoms with Gasteiger partial charge in [-0.05, 0) is 49.6 Å². The molecule has 0 N–H and O–H groups in total. The largest absolute Gasteiger partial charge is 0.422 e. The predicted molar refractivity (Wildman–Crippen MR) is 138 cm³/mol. The second-order valence-corrected chi connectivity index (χ2v) is 8.74. The van der Waals surface area contributed by atoms with Crippen LogP contribution in [0, 0.1) is 5.92 Å². The van der Waals surface area contributed by atoms with E-state index >= 15 is 0 Å². The zero-order valence-electron chi connectivity index (χ0n) is 20.0. The van der Waals surface area contributed by atoms with Gasteiger partial charge in [-0.3, -0.25) is 0 Å². The molecule has 2 aliphatic rings. The number of hydrogen-bond donors (Lipinski definition) is 0. The second kappa shape index (κ2) is 11.5. The number of alkyl halides is 3. The van der Waals surface area contributed by atoms with E-state index in [1.807, 2.05) is 36.4 Å². The number of rotatable bonds is 11. The Morgan fingerprint density at radius 3 is 2.50 bits per heavy atom. The van der Waals surface area contributed by atoms with E-state index in [2.05, 4.69) is 52.2 Å². The topological polar surface area (TPSA) is 31.2 Å². The Balaban J connectivity index is 1.66. The van der Waals surface area contributed by atoms with Gasteiger partial charge < -0.3 is 9.80 Å². The van der Waals surface area contributed by atoms with Crippen LogP contribution in [0.25, 0.3) is 0 Å². The third kappa shape index (κ3) is 6.60. The number of anilines is 1. The first-order chi connectivity index (χ1) is 16.2.